The summed E-state index contributed by atoms with van der Waals surface area (Å²) >= 11 is 5.86. The third kappa shape index (κ3) is 2.45. The van der Waals surface area contributed by atoms with Gasteiger partial charge in [0.15, 0.2) is 0 Å². The first kappa shape index (κ1) is 12.2. The van der Waals surface area contributed by atoms with Gasteiger partial charge in [0.05, 0.1) is 12.4 Å². The third-order valence-electron chi connectivity index (χ3n) is 4.30. The molecule has 1 N–H and O–H groups in total. The number of nitrogens with zero attached hydrogens (tertiary/aromatic N) is 3. The molecule has 1 aromatic heterocycles. The van der Waals surface area contributed by atoms with E-state index in [4.69, 9.17) is 11.6 Å². The first-order chi connectivity index (χ1) is 8.72. The van der Waals surface area contributed by atoms with Crippen molar-refractivity contribution < 1.29 is 0 Å². The number of hydrogen-bond acceptors (Lipinski definition) is 4. The van der Waals surface area contributed by atoms with Crippen LogP contribution < -0.4 is 5.32 Å². The van der Waals surface area contributed by atoms with Crippen LogP contribution in [0.15, 0.2) is 12.4 Å². The van der Waals surface area contributed by atoms with Crippen LogP contribution >= 0.6 is 11.6 Å². The average Bonchev–Trinajstić information content (AvgIpc) is 2.30. The maximum Gasteiger partial charge on any atom is 0.149 e. The first-order valence-electron chi connectivity index (χ1n) is 6.68. The van der Waals surface area contributed by atoms with Crippen molar-refractivity contribution in [2.45, 2.75) is 50.2 Å². The number of rotatable bonds is 2. The van der Waals surface area contributed by atoms with Crippen LogP contribution in [-0.2, 0) is 0 Å². The van der Waals surface area contributed by atoms with Gasteiger partial charge in [0, 0.05) is 18.1 Å². The van der Waals surface area contributed by atoms with E-state index in [2.05, 4.69) is 27.2 Å². The lowest BCUT2D eigenvalue weighted by Gasteiger charge is -2.47. The maximum atomic E-state index is 5.86. The van der Waals surface area contributed by atoms with Crippen molar-refractivity contribution in [1.29, 1.82) is 0 Å². The minimum atomic E-state index is 0.452. The molecule has 18 heavy (non-hydrogen) atoms. The largest absolute Gasteiger partial charge is 0.366 e. The molecule has 2 atom stereocenters. The van der Waals surface area contributed by atoms with Crippen LogP contribution in [0, 0.1) is 0 Å². The zero-order valence-corrected chi connectivity index (χ0v) is 11.4. The molecule has 2 aliphatic heterocycles. The summed E-state index contributed by atoms with van der Waals surface area (Å²) in [6.07, 6.45) is 9.74. The molecule has 5 heteroatoms. The highest BCUT2D eigenvalue weighted by atomic mass is 35.5. The van der Waals surface area contributed by atoms with Gasteiger partial charge in [0.1, 0.15) is 11.0 Å². The smallest absolute Gasteiger partial charge is 0.149 e. The van der Waals surface area contributed by atoms with E-state index in [1.54, 1.807) is 12.4 Å². The molecule has 98 valence electrons. The second-order valence-corrected chi connectivity index (χ2v) is 5.83. The highest BCUT2D eigenvalue weighted by Gasteiger charge is 2.35. The fourth-order valence-corrected chi connectivity index (χ4v) is 3.50. The molecule has 2 fully saturated rings. The molecular formula is C13H19ClN4. The molecule has 0 aromatic carbocycles. The molecule has 2 aliphatic rings. The van der Waals surface area contributed by atoms with E-state index in [1.807, 2.05) is 0 Å². The van der Waals surface area contributed by atoms with E-state index < -0.39 is 0 Å². The van der Waals surface area contributed by atoms with Crippen molar-refractivity contribution in [2.75, 3.05) is 12.4 Å². The number of hydrogen-bond donors (Lipinski definition) is 1. The predicted octanol–water partition coefficient (Wildman–Crippen LogP) is 2.56. The zero-order chi connectivity index (χ0) is 12.5. The van der Waals surface area contributed by atoms with Crippen molar-refractivity contribution in [3.63, 3.8) is 0 Å². The quantitative estimate of drug-likeness (QED) is 0.893. The maximum absolute atomic E-state index is 5.86. The van der Waals surface area contributed by atoms with Crippen LogP contribution in [0.1, 0.15) is 32.1 Å². The molecule has 2 unspecified atom stereocenters. The van der Waals surface area contributed by atoms with Crippen LogP contribution in [0.5, 0.6) is 0 Å². The van der Waals surface area contributed by atoms with Gasteiger partial charge in [-0.05, 0) is 32.7 Å². The second kappa shape index (κ2) is 5.02. The first-order valence-corrected chi connectivity index (χ1v) is 7.06. The molecule has 2 saturated heterocycles. The molecule has 0 radical (unpaired) electrons. The second-order valence-electron chi connectivity index (χ2n) is 5.44. The normalized spacial score (nSPS) is 32.2. The molecule has 0 aliphatic carbocycles. The molecular weight excluding hydrogens is 248 g/mol. The molecule has 3 rings (SSSR count). The van der Waals surface area contributed by atoms with Crippen molar-refractivity contribution in [3.05, 3.63) is 17.5 Å². The molecule has 0 saturated carbocycles. The SMILES string of the molecule is CN1C2CCCC1CC(Nc1cncc(Cl)n1)C2. The molecule has 3 heterocycles. The lowest BCUT2D eigenvalue weighted by molar-refractivity contribution is 0.0608. The summed E-state index contributed by atoms with van der Waals surface area (Å²) in [5.41, 5.74) is 0. The van der Waals surface area contributed by atoms with E-state index in [0.717, 1.165) is 17.9 Å². The Morgan fingerprint density at radius 2 is 2.00 bits per heavy atom. The van der Waals surface area contributed by atoms with E-state index >= 15 is 0 Å². The standard InChI is InChI=1S/C13H19ClN4/c1-18-10-3-2-4-11(18)6-9(5-10)16-13-8-15-7-12(14)17-13/h7-11H,2-6H2,1H3,(H,16,17). The van der Waals surface area contributed by atoms with Crippen molar-refractivity contribution >= 4 is 17.4 Å². The molecule has 2 bridgehead atoms. The summed E-state index contributed by atoms with van der Waals surface area (Å²) in [5.74, 6) is 0.801. The fraction of sp³-hybridized carbons (Fsp3) is 0.692. The summed E-state index contributed by atoms with van der Waals surface area (Å²) < 4.78 is 0. The Bertz CT molecular complexity index is 411. The number of anilines is 1. The van der Waals surface area contributed by atoms with Gasteiger partial charge in [-0.3, -0.25) is 4.98 Å². The van der Waals surface area contributed by atoms with E-state index in [-0.39, 0.29) is 0 Å². The van der Waals surface area contributed by atoms with E-state index in [1.165, 1.54) is 32.1 Å². The number of fused-ring (bicyclic) bond motifs is 2. The van der Waals surface area contributed by atoms with Gasteiger partial charge in [0.2, 0.25) is 0 Å². The van der Waals surface area contributed by atoms with Gasteiger partial charge in [-0.25, -0.2) is 4.98 Å². The number of aromatic nitrogens is 2. The number of halogens is 1. The Kier molecular flexibility index (Phi) is 3.39. The summed E-state index contributed by atoms with van der Waals surface area (Å²) in [6.45, 7) is 0. The summed E-state index contributed by atoms with van der Waals surface area (Å²) in [6, 6.07) is 1.95. The van der Waals surface area contributed by atoms with E-state index in [9.17, 15) is 0 Å². The fourth-order valence-electron chi connectivity index (χ4n) is 3.35. The number of piperidine rings is 2. The third-order valence-corrected chi connectivity index (χ3v) is 4.48. The van der Waals surface area contributed by atoms with Gasteiger partial charge in [-0.15, -0.1) is 0 Å². The van der Waals surface area contributed by atoms with Crippen molar-refractivity contribution in [1.82, 2.24) is 14.9 Å². The van der Waals surface area contributed by atoms with Crippen LogP contribution in [0.25, 0.3) is 0 Å². The van der Waals surface area contributed by atoms with Crippen LogP contribution in [-0.4, -0.2) is 40.0 Å². The van der Waals surface area contributed by atoms with E-state index in [0.29, 0.717) is 11.2 Å². The molecule has 0 spiro atoms. The Hall–Kier alpha value is -0.870. The monoisotopic (exact) mass is 266 g/mol. The van der Waals surface area contributed by atoms with Crippen LogP contribution in [0.3, 0.4) is 0 Å². The van der Waals surface area contributed by atoms with Gasteiger partial charge >= 0.3 is 0 Å². The molecule has 1 aromatic rings. The lowest BCUT2D eigenvalue weighted by atomic mass is 9.82. The topological polar surface area (TPSA) is 41.0 Å². The molecule has 4 nitrogen and oxygen atoms in total. The summed E-state index contributed by atoms with van der Waals surface area (Å²) in [4.78, 5) is 10.9. The van der Waals surface area contributed by atoms with Gasteiger partial charge in [-0.2, -0.15) is 0 Å². The van der Waals surface area contributed by atoms with Crippen LogP contribution in [0.2, 0.25) is 5.15 Å². The highest BCUT2D eigenvalue weighted by Crippen LogP contribution is 2.33. The Labute approximate surface area is 113 Å². The Morgan fingerprint density at radius 3 is 2.67 bits per heavy atom. The zero-order valence-electron chi connectivity index (χ0n) is 10.6. The highest BCUT2D eigenvalue weighted by molar-refractivity contribution is 6.29. The molecule has 0 amide bonds. The predicted molar refractivity (Wildman–Crippen MR) is 72.9 cm³/mol. The minimum Gasteiger partial charge on any atom is -0.366 e. The van der Waals surface area contributed by atoms with Gasteiger partial charge < -0.3 is 10.2 Å². The average molecular weight is 267 g/mol. The van der Waals surface area contributed by atoms with Gasteiger partial charge in [0.25, 0.3) is 0 Å². The summed E-state index contributed by atoms with van der Waals surface area (Å²) in [5, 5.41) is 3.94. The lowest BCUT2D eigenvalue weighted by Crippen LogP contribution is -2.52. The minimum absolute atomic E-state index is 0.452. The van der Waals surface area contributed by atoms with Crippen molar-refractivity contribution in [3.8, 4) is 0 Å². The van der Waals surface area contributed by atoms with Crippen LogP contribution in [0.4, 0.5) is 5.82 Å². The Balaban J connectivity index is 1.68. The Morgan fingerprint density at radius 1 is 1.28 bits per heavy atom. The van der Waals surface area contributed by atoms with Crippen molar-refractivity contribution in [2.24, 2.45) is 0 Å². The number of nitrogens with one attached hydrogen (secondary N) is 1. The van der Waals surface area contributed by atoms with Gasteiger partial charge in [-0.1, -0.05) is 18.0 Å². The summed E-state index contributed by atoms with van der Waals surface area (Å²) in [7, 11) is 2.27.